The Kier molecular flexibility index (Phi) is 4.74. The van der Waals surface area contributed by atoms with Crippen molar-refractivity contribution in [2.75, 3.05) is 19.3 Å². The monoisotopic (exact) mass is 228 g/mol. The quantitative estimate of drug-likeness (QED) is 0.737. The fourth-order valence-electron chi connectivity index (χ4n) is 1.10. The number of hydrogen-bond acceptors (Lipinski definition) is 3. The van der Waals surface area contributed by atoms with Crippen LogP contribution in [0.1, 0.15) is 5.56 Å². The molecule has 0 fully saturated rings. The van der Waals surface area contributed by atoms with E-state index in [9.17, 15) is 8.42 Å². The van der Waals surface area contributed by atoms with Gasteiger partial charge in [0.25, 0.3) is 0 Å². The minimum atomic E-state index is -3.15. The average Bonchev–Trinajstić information content (AvgIpc) is 2.25. The molecule has 0 bridgehead atoms. The average molecular weight is 228 g/mol. The second-order valence-electron chi connectivity index (χ2n) is 3.23. The van der Waals surface area contributed by atoms with E-state index in [1.165, 1.54) is 0 Å². The third-order valence-electron chi connectivity index (χ3n) is 1.96. The van der Waals surface area contributed by atoms with Gasteiger partial charge in [-0.2, -0.15) is 0 Å². The van der Waals surface area contributed by atoms with Gasteiger partial charge in [0, 0.05) is 13.1 Å². The molecule has 84 valence electrons. The molecule has 0 spiro atoms. The highest BCUT2D eigenvalue weighted by molar-refractivity contribution is 7.89. The molecule has 1 aromatic rings. The van der Waals surface area contributed by atoms with E-state index in [0.29, 0.717) is 13.1 Å². The molecule has 0 saturated carbocycles. The van der Waals surface area contributed by atoms with E-state index >= 15 is 0 Å². The Hall–Kier alpha value is -0.910. The molecule has 1 rings (SSSR count). The van der Waals surface area contributed by atoms with E-state index < -0.39 is 10.0 Å². The largest absolute Gasteiger partial charge is 0.319 e. The van der Waals surface area contributed by atoms with Gasteiger partial charge in [-0.1, -0.05) is 30.3 Å². The summed E-state index contributed by atoms with van der Waals surface area (Å²) in [5.74, 6) is 0.107. The van der Waals surface area contributed by atoms with Crippen molar-refractivity contribution >= 4 is 10.0 Å². The van der Waals surface area contributed by atoms with E-state index in [2.05, 4.69) is 10.0 Å². The van der Waals surface area contributed by atoms with Crippen LogP contribution < -0.4 is 10.0 Å². The van der Waals surface area contributed by atoms with Crippen molar-refractivity contribution in [3.8, 4) is 0 Å². The van der Waals surface area contributed by atoms with Gasteiger partial charge < -0.3 is 5.32 Å². The van der Waals surface area contributed by atoms with Crippen LogP contribution in [0.4, 0.5) is 0 Å². The number of rotatable bonds is 6. The first kappa shape index (κ1) is 12.2. The summed E-state index contributed by atoms with van der Waals surface area (Å²) in [6, 6.07) is 9.45. The van der Waals surface area contributed by atoms with Gasteiger partial charge in [0.1, 0.15) is 0 Å². The van der Waals surface area contributed by atoms with E-state index in [1.54, 1.807) is 7.05 Å². The van der Waals surface area contributed by atoms with E-state index in [4.69, 9.17) is 0 Å². The second kappa shape index (κ2) is 5.85. The maximum atomic E-state index is 11.4. The van der Waals surface area contributed by atoms with Crippen LogP contribution in [-0.4, -0.2) is 27.8 Å². The highest BCUT2D eigenvalue weighted by atomic mass is 32.2. The first-order valence-electron chi connectivity index (χ1n) is 4.80. The molecule has 0 amide bonds. The van der Waals surface area contributed by atoms with Crippen molar-refractivity contribution in [2.24, 2.45) is 0 Å². The van der Waals surface area contributed by atoms with Gasteiger partial charge in [-0.15, -0.1) is 0 Å². The summed E-state index contributed by atoms with van der Waals surface area (Å²) >= 11 is 0. The van der Waals surface area contributed by atoms with Gasteiger partial charge >= 0.3 is 0 Å². The number of nitrogens with one attached hydrogen (secondary N) is 2. The molecule has 0 radical (unpaired) electrons. The molecule has 2 N–H and O–H groups in total. The molecule has 0 aliphatic heterocycles. The van der Waals surface area contributed by atoms with Crippen molar-refractivity contribution in [2.45, 2.75) is 6.54 Å². The van der Waals surface area contributed by atoms with Gasteiger partial charge in [0.05, 0.1) is 5.75 Å². The van der Waals surface area contributed by atoms with Crippen LogP contribution in [0.25, 0.3) is 0 Å². The summed E-state index contributed by atoms with van der Waals surface area (Å²) < 4.78 is 25.4. The lowest BCUT2D eigenvalue weighted by atomic mass is 10.2. The molecule has 0 aromatic heterocycles. The maximum absolute atomic E-state index is 11.4. The summed E-state index contributed by atoms with van der Waals surface area (Å²) in [5.41, 5.74) is 0.963. The molecule has 0 saturated heterocycles. The fourth-order valence-corrected chi connectivity index (χ4v) is 2.10. The molecule has 5 heteroatoms. The predicted octanol–water partition coefficient (Wildman–Crippen LogP) is 0.325. The van der Waals surface area contributed by atoms with Crippen molar-refractivity contribution in [1.82, 2.24) is 10.0 Å². The smallest absolute Gasteiger partial charge is 0.213 e. The van der Waals surface area contributed by atoms with Crippen molar-refractivity contribution in [3.63, 3.8) is 0 Å². The maximum Gasteiger partial charge on any atom is 0.213 e. The third kappa shape index (κ3) is 4.92. The number of benzene rings is 1. The van der Waals surface area contributed by atoms with Crippen LogP contribution in [0.3, 0.4) is 0 Å². The zero-order valence-electron chi connectivity index (χ0n) is 8.73. The van der Waals surface area contributed by atoms with Crippen LogP contribution in [0, 0.1) is 0 Å². The predicted molar refractivity (Wildman–Crippen MR) is 61.0 cm³/mol. The zero-order chi connectivity index (χ0) is 11.1. The minimum absolute atomic E-state index is 0.107. The Morgan fingerprint density at radius 2 is 1.87 bits per heavy atom. The van der Waals surface area contributed by atoms with Gasteiger partial charge in [0.2, 0.25) is 10.0 Å². The Morgan fingerprint density at radius 3 is 2.47 bits per heavy atom. The lowest BCUT2D eigenvalue weighted by Gasteiger charge is -2.06. The first-order valence-corrected chi connectivity index (χ1v) is 6.45. The normalized spacial score (nSPS) is 11.5. The summed E-state index contributed by atoms with van der Waals surface area (Å²) in [5, 5.41) is 2.80. The van der Waals surface area contributed by atoms with Crippen molar-refractivity contribution in [3.05, 3.63) is 35.9 Å². The first-order chi connectivity index (χ1) is 7.14. The van der Waals surface area contributed by atoms with Gasteiger partial charge in [0.15, 0.2) is 0 Å². The topological polar surface area (TPSA) is 58.2 Å². The zero-order valence-corrected chi connectivity index (χ0v) is 9.55. The molecular formula is C10H16N2O2S. The minimum Gasteiger partial charge on any atom is -0.319 e. The number of hydrogen-bond donors (Lipinski definition) is 2. The lowest BCUT2D eigenvalue weighted by Crippen LogP contribution is -2.30. The van der Waals surface area contributed by atoms with Crippen LogP contribution in [-0.2, 0) is 16.6 Å². The molecule has 0 aliphatic rings. The standard InChI is InChI=1S/C10H16N2O2S/c1-11-7-8-15(13,14)12-9-10-5-3-2-4-6-10/h2-6,11-12H,7-9H2,1H3. The summed E-state index contributed by atoms with van der Waals surface area (Å²) in [6.45, 7) is 0.816. The van der Waals surface area contributed by atoms with Crippen LogP contribution >= 0.6 is 0 Å². The molecular weight excluding hydrogens is 212 g/mol. The Balaban J connectivity index is 2.43. The fraction of sp³-hybridized carbons (Fsp3) is 0.400. The molecule has 0 heterocycles. The second-order valence-corrected chi connectivity index (χ2v) is 5.16. The summed E-state index contributed by atoms with van der Waals surface area (Å²) in [4.78, 5) is 0. The van der Waals surface area contributed by atoms with Gasteiger partial charge in [-0.25, -0.2) is 13.1 Å². The SMILES string of the molecule is CNCCS(=O)(=O)NCc1ccccc1. The summed E-state index contributed by atoms with van der Waals surface area (Å²) in [6.07, 6.45) is 0. The highest BCUT2D eigenvalue weighted by Gasteiger charge is 2.08. The Morgan fingerprint density at radius 1 is 1.20 bits per heavy atom. The number of sulfonamides is 1. The highest BCUT2D eigenvalue weighted by Crippen LogP contribution is 1.98. The van der Waals surface area contributed by atoms with Crippen LogP contribution in [0.2, 0.25) is 0 Å². The molecule has 0 unspecified atom stereocenters. The lowest BCUT2D eigenvalue weighted by molar-refractivity contribution is 0.579. The molecule has 15 heavy (non-hydrogen) atoms. The van der Waals surface area contributed by atoms with Crippen molar-refractivity contribution in [1.29, 1.82) is 0 Å². The van der Waals surface area contributed by atoms with Crippen molar-refractivity contribution < 1.29 is 8.42 Å². The Bertz CT molecular complexity index is 376. The van der Waals surface area contributed by atoms with E-state index in [-0.39, 0.29) is 5.75 Å². The van der Waals surface area contributed by atoms with Gasteiger partial charge in [-0.3, -0.25) is 0 Å². The van der Waals surface area contributed by atoms with E-state index in [1.807, 2.05) is 30.3 Å². The van der Waals surface area contributed by atoms with Crippen LogP contribution in [0.5, 0.6) is 0 Å². The van der Waals surface area contributed by atoms with E-state index in [0.717, 1.165) is 5.56 Å². The van der Waals surface area contributed by atoms with Crippen LogP contribution in [0.15, 0.2) is 30.3 Å². The molecule has 0 aliphatic carbocycles. The van der Waals surface area contributed by atoms with Gasteiger partial charge in [-0.05, 0) is 12.6 Å². The molecule has 0 atom stereocenters. The molecule has 4 nitrogen and oxygen atoms in total. The molecule has 1 aromatic carbocycles. The third-order valence-corrected chi connectivity index (χ3v) is 3.29. The summed E-state index contributed by atoms with van der Waals surface area (Å²) in [7, 11) is -1.43. The Labute approximate surface area is 90.8 Å².